The molecule has 0 aliphatic carbocycles. The van der Waals surface area contributed by atoms with Crippen molar-refractivity contribution in [3.05, 3.63) is 131 Å². The summed E-state index contributed by atoms with van der Waals surface area (Å²) in [4.78, 5) is 40.4. The second-order valence-electron chi connectivity index (χ2n) is 9.91. The van der Waals surface area contributed by atoms with Gasteiger partial charge in [0.15, 0.2) is 0 Å². The normalized spacial score (nSPS) is 11.4. The summed E-state index contributed by atoms with van der Waals surface area (Å²) in [6, 6.07) is 32.2. The van der Waals surface area contributed by atoms with Gasteiger partial charge < -0.3 is 15.3 Å². The number of aliphatic carboxylic acids is 1. The Hall–Kier alpha value is -4.71. The van der Waals surface area contributed by atoms with Gasteiger partial charge in [-0.2, -0.15) is 0 Å². The molecule has 2 N–H and O–H groups in total. The van der Waals surface area contributed by atoms with E-state index in [1.807, 2.05) is 92.7 Å². The molecule has 204 valence electrons. The number of carboxylic acid groups (broad SMARTS) is 1. The Labute approximate surface area is 235 Å². The molecule has 40 heavy (non-hydrogen) atoms. The summed E-state index contributed by atoms with van der Waals surface area (Å²) in [7, 11) is 0. The van der Waals surface area contributed by atoms with Crippen molar-refractivity contribution in [2.24, 2.45) is 0 Å². The third kappa shape index (κ3) is 7.03. The van der Waals surface area contributed by atoms with E-state index in [1.165, 1.54) is 0 Å². The minimum Gasteiger partial charge on any atom is -0.481 e. The van der Waals surface area contributed by atoms with Crippen LogP contribution >= 0.6 is 0 Å². The Morgan fingerprint density at radius 3 is 2.02 bits per heavy atom. The number of rotatable bonds is 11. The Kier molecular flexibility index (Phi) is 9.47. The van der Waals surface area contributed by atoms with Crippen LogP contribution in [0.25, 0.3) is 11.1 Å². The van der Waals surface area contributed by atoms with E-state index < -0.39 is 5.97 Å². The van der Waals surface area contributed by atoms with Gasteiger partial charge in [0.05, 0.1) is 6.42 Å². The average molecular weight is 535 g/mol. The maximum atomic E-state index is 14.0. The van der Waals surface area contributed by atoms with Gasteiger partial charge in [-0.05, 0) is 52.8 Å². The van der Waals surface area contributed by atoms with Gasteiger partial charge in [0.25, 0.3) is 11.8 Å². The average Bonchev–Trinajstić information content (AvgIpc) is 2.98. The van der Waals surface area contributed by atoms with Crippen molar-refractivity contribution in [2.45, 2.75) is 32.7 Å². The summed E-state index contributed by atoms with van der Waals surface area (Å²) in [6.45, 7) is 4.87. The quantitative estimate of drug-likeness (QED) is 0.236. The number of benzene rings is 4. The number of amides is 2. The van der Waals surface area contributed by atoms with Crippen LogP contribution in [0.3, 0.4) is 0 Å². The van der Waals surface area contributed by atoms with E-state index in [0.29, 0.717) is 35.3 Å². The summed E-state index contributed by atoms with van der Waals surface area (Å²) >= 11 is 0. The van der Waals surface area contributed by atoms with E-state index in [4.69, 9.17) is 0 Å². The number of carboxylic acids is 1. The van der Waals surface area contributed by atoms with E-state index in [-0.39, 0.29) is 30.7 Å². The van der Waals surface area contributed by atoms with Gasteiger partial charge in [-0.15, -0.1) is 0 Å². The molecule has 4 aromatic rings. The predicted octanol–water partition coefficient (Wildman–Crippen LogP) is 6.31. The highest BCUT2D eigenvalue weighted by molar-refractivity contribution is 6.06. The zero-order valence-electron chi connectivity index (χ0n) is 22.8. The van der Waals surface area contributed by atoms with Crippen LogP contribution in [0.15, 0.2) is 103 Å². The van der Waals surface area contributed by atoms with Gasteiger partial charge in [-0.25, -0.2) is 0 Å². The van der Waals surface area contributed by atoms with Crippen LogP contribution in [0.1, 0.15) is 56.7 Å². The molecule has 0 spiro atoms. The predicted molar refractivity (Wildman–Crippen MR) is 157 cm³/mol. The smallest absolute Gasteiger partial charge is 0.305 e. The maximum absolute atomic E-state index is 14.0. The lowest BCUT2D eigenvalue weighted by Crippen LogP contribution is -2.36. The summed E-state index contributed by atoms with van der Waals surface area (Å²) < 4.78 is 0. The third-order valence-corrected chi connectivity index (χ3v) is 7.07. The number of hydrogen-bond donors (Lipinski definition) is 2. The second-order valence-corrected chi connectivity index (χ2v) is 9.91. The van der Waals surface area contributed by atoms with Crippen LogP contribution in [0, 0.1) is 6.92 Å². The largest absolute Gasteiger partial charge is 0.481 e. The molecule has 1 unspecified atom stereocenters. The monoisotopic (exact) mass is 534 g/mol. The van der Waals surface area contributed by atoms with Crippen molar-refractivity contribution < 1.29 is 19.5 Å². The summed E-state index contributed by atoms with van der Waals surface area (Å²) in [5.74, 6) is -1.46. The van der Waals surface area contributed by atoms with Gasteiger partial charge in [0.1, 0.15) is 0 Å². The Morgan fingerprint density at radius 1 is 0.775 bits per heavy atom. The van der Waals surface area contributed by atoms with Crippen molar-refractivity contribution in [3.63, 3.8) is 0 Å². The molecule has 2 amide bonds. The first kappa shape index (κ1) is 28.3. The topological polar surface area (TPSA) is 86.7 Å². The Balaban J connectivity index is 1.63. The van der Waals surface area contributed by atoms with Crippen LogP contribution < -0.4 is 5.32 Å². The van der Waals surface area contributed by atoms with Crippen molar-refractivity contribution in [1.29, 1.82) is 0 Å². The highest BCUT2D eigenvalue weighted by Gasteiger charge is 2.24. The van der Waals surface area contributed by atoms with Crippen LogP contribution in [0.5, 0.6) is 0 Å². The van der Waals surface area contributed by atoms with Crippen LogP contribution in [-0.4, -0.2) is 40.9 Å². The van der Waals surface area contributed by atoms with Gasteiger partial charge in [0, 0.05) is 30.8 Å². The number of hydrogen-bond acceptors (Lipinski definition) is 3. The van der Waals surface area contributed by atoms with Gasteiger partial charge >= 0.3 is 5.97 Å². The molecule has 0 fully saturated rings. The molecule has 6 heteroatoms. The van der Waals surface area contributed by atoms with E-state index in [2.05, 4.69) is 5.32 Å². The number of aryl methyl sites for hydroxylation is 1. The molecule has 4 aromatic carbocycles. The molecular weight excluding hydrogens is 500 g/mol. The molecule has 0 heterocycles. The highest BCUT2D eigenvalue weighted by atomic mass is 16.4. The fourth-order valence-electron chi connectivity index (χ4n) is 4.79. The number of carbonyl (C=O) groups excluding carboxylic acids is 2. The maximum Gasteiger partial charge on any atom is 0.305 e. The van der Waals surface area contributed by atoms with E-state index >= 15 is 0 Å². The molecule has 0 aliphatic heterocycles. The van der Waals surface area contributed by atoms with E-state index in [0.717, 1.165) is 16.7 Å². The summed E-state index contributed by atoms with van der Waals surface area (Å²) in [6.07, 6.45) is -0.159. The van der Waals surface area contributed by atoms with Crippen molar-refractivity contribution in [2.75, 3.05) is 13.1 Å². The molecule has 0 aliphatic rings. The molecule has 1 atom stereocenters. The fraction of sp³-hybridized carbons (Fsp3) is 0.206. The van der Waals surface area contributed by atoms with Crippen molar-refractivity contribution in [1.82, 2.24) is 10.2 Å². The highest BCUT2D eigenvalue weighted by Crippen LogP contribution is 2.29. The van der Waals surface area contributed by atoms with Crippen molar-refractivity contribution >= 4 is 17.8 Å². The lowest BCUT2D eigenvalue weighted by Gasteiger charge is -2.27. The zero-order valence-corrected chi connectivity index (χ0v) is 22.8. The third-order valence-electron chi connectivity index (χ3n) is 7.07. The van der Waals surface area contributed by atoms with Gasteiger partial charge in [-0.3, -0.25) is 14.4 Å². The van der Waals surface area contributed by atoms with Gasteiger partial charge in [0.2, 0.25) is 0 Å². The van der Waals surface area contributed by atoms with E-state index in [1.54, 1.807) is 29.2 Å². The zero-order chi connectivity index (χ0) is 28.5. The SMILES string of the molecule is Cc1ccccc1CNC(=O)c1ccccc1-c1ccccc1C(=O)N(CCC(=O)O)CC(C)c1ccccc1. The Morgan fingerprint density at radius 2 is 1.35 bits per heavy atom. The molecule has 0 saturated heterocycles. The first-order valence-corrected chi connectivity index (χ1v) is 13.4. The molecule has 0 aromatic heterocycles. The van der Waals surface area contributed by atoms with Crippen LogP contribution in [0.2, 0.25) is 0 Å². The van der Waals surface area contributed by atoms with E-state index in [9.17, 15) is 19.5 Å². The lowest BCUT2D eigenvalue weighted by molar-refractivity contribution is -0.137. The molecule has 4 rings (SSSR count). The minimum absolute atomic E-state index is 0.00520. The van der Waals surface area contributed by atoms with Gasteiger partial charge in [-0.1, -0.05) is 97.9 Å². The molecule has 0 radical (unpaired) electrons. The second kappa shape index (κ2) is 13.4. The number of nitrogens with one attached hydrogen (secondary N) is 1. The Bertz CT molecular complexity index is 1480. The first-order valence-electron chi connectivity index (χ1n) is 13.4. The lowest BCUT2D eigenvalue weighted by atomic mass is 9.93. The van der Waals surface area contributed by atoms with Crippen LogP contribution in [-0.2, 0) is 11.3 Å². The minimum atomic E-state index is -0.964. The molecular formula is C34H34N2O4. The van der Waals surface area contributed by atoms with Crippen LogP contribution in [0.4, 0.5) is 0 Å². The fourth-order valence-corrected chi connectivity index (χ4v) is 4.79. The standard InChI is InChI=1S/C34H34N2O4/c1-24-12-6-7-15-27(24)22-35-33(39)30-18-10-8-16-28(30)29-17-9-11-19-31(29)34(40)36(21-20-32(37)38)23-25(2)26-13-4-3-5-14-26/h3-19,25H,20-23H2,1-2H3,(H,35,39)(H,37,38). The number of nitrogens with zero attached hydrogens (tertiary/aromatic N) is 1. The molecule has 0 saturated carbocycles. The number of carbonyl (C=O) groups is 3. The summed E-state index contributed by atoms with van der Waals surface area (Å²) in [5.41, 5.74) is 5.35. The summed E-state index contributed by atoms with van der Waals surface area (Å²) in [5, 5.41) is 12.4. The first-order chi connectivity index (χ1) is 19.3. The molecule has 0 bridgehead atoms. The van der Waals surface area contributed by atoms with Crippen molar-refractivity contribution in [3.8, 4) is 11.1 Å². The molecule has 6 nitrogen and oxygen atoms in total.